The number of nitrogens with zero attached hydrogens (tertiary/aromatic N) is 1. The number of carbonyl (C=O) groups excluding carboxylic acids is 2. The molecule has 0 spiro atoms. The molecule has 0 aliphatic rings. The van der Waals surface area contributed by atoms with Gasteiger partial charge >= 0.3 is 12.6 Å². The minimum absolute atomic E-state index is 0.302. The minimum atomic E-state index is -3.17. The Morgan fingerprint density at radius 2 is 1.89 bits per heavy atom. The highest BCUT2D eigenvalue weighted by atomic mass is 19.3. The average molecular weight is 384 g/mol. The monoisotopic (exact) mass is 384 g/mol. The molecule has 27 heavy (non-hydrogen) atoms. The topological polar surface area (TPSA) is 108 Å². The summed E-state index contributed by atoms with van der Waals surface area (Å²) in [5.74, 6) is -3.38. The fourth-order valence-electron chi connectivity index (χ4n) is 1.99. The Balaban J connectivity index is 2.03. The van der Waals surface area contributed by atoms with E-state index in [-0.39, 0.29) is 11.3 Å². The molecule has 2 rings (SSSR count). The van der Waals surface area contributed by atoms with Crippen molar-refractivity contribution in [1.82, 2.24) is 0 Å². The van der Waals surface area contributed by atoms with Gasteiger partial charge in [-0.05, 0) is 24.3 Å². The van der Waals surface area contributed by atoms with Crippen LogP contribution in [0.25, 0.3) is 0 Å². The van der Waals surface area contributed by atoms with Gasteiger partial charge in [-0.2, -0.15) is 8.78 Å². The summed E-state index contributed by atoms with van der Waals surface area (Å²) in [5, 5.41) is 13.0. The van der Waals surface area contributed by atoms with Crippen molar-refractivity contribution in [2.45, 2.75) is 6.61 Å². The lowest BCUT2D eigenvalue weighted by Crippen LogP contribution is -2.22. The van der Waals surface area contributed by atoms with Crippen LogP contribution >= 0.6 is 0 Å². The molecule has 0 unspecified atom stereocenters. The molecule has 0 heterocycles. The number of alkyl halides is 2. The zero-order valence-electron chi connectivity index (χ0n) is 13.4. The van der Waals surface area contributed by atoms with Crippen LogP contribution in [0.5, 0.6) is 5.75 Å². The van der Waals surface area contributed by atoms with Crippen LogP contribution in [0.4, 0.5) is 24.5 Å². The minimum Gasteiger partial charge on any atom is -0.452 e. The molecule has 8 nitrogen and oxygen atoms in total. The van der Waals surface area contributed by atoms with Gasteiger partial charge in [0, 0.05) is 0 Å². The Morgan fingerprint density at radius 3 is 2.56 bits per heavy atom. The summed E-state index contributed by atoms with van der Waals surface area (Å²) < 4.78 is 46.6. The van der Waals surface area contributed by atoms with E-state index in [1.165, 1.54) is 12.1 Å². The van der Waals surface area contributed by atoms with Crippen molar-refractivity contribution in [2.75, 3.05) is 11.9 Å². The fourth-order valence-corrected chi connectivity index (χ4v) is 1.99. The van der Waals surface area contributed by atoms with Crippen LogP contribution in [-0.2, 0) is 9.53 Å². The fraction of sp³-hybridized carbons (Fsp3) is 0.125. The second-order valence-electron chi connectivity index (χ2n) is 4.92. The average Bonchev–Trinajstić information content (AvgIpc) is 2.61. The quantitative estimate of drug-likeness (QED) is 0.446. The van der Waals surface area contributed by atoms with Crippen LogP contribution in [0.3, 0.4) is 0 Å². The number of benzene rings is 2. The highest BCUT2D eigenvalue weighted by Crippen LogP contribution is 2.25. The summed E-state index contributed by atoms with van der Waals surface area (Å²) in [6, 6.07) is 7.48. The Hall–Kier alpha value is -3.63. The molecule has 1 amide bonds. The zero-order chi connectivity index (χ0) is 20.0. The molecule has 0 aromatic heterocycles. The van der Waals surface area contributed by atoms with E-state index in [0.29, 0.717) is 6.07 Å². The molecule has 0 aliphatic carbocycles. The third-order valence-electron chi connectivity index (χ3n) is 3.09. The Morgan fingerprint density at radius 1 is 1.19 bits per heavy atom. The number of ether oxygens (including phenoxy) is 2. The Bertz CT molecular complexity index is 875. The van der Waals surface area contributed by atoms with Crippen molar-refractivity contribution < 1.29 is 37.2 Å². The third kappa shape index (κ3) is 5.42. The normalized spacial score (nSPS) is 10.4. The van der Waals surface area contributed by atoms with Crippen molar-refractivity contribution in [1.29, 1.82) is 0 Å². The van der Waals surface area contributed by atoms with Gasteiger partial charge in [0.2, 0.25) is 0 Å². The first-order chi connectivity index (χ1) is 12.8. The van der Waals surface area contributed by atoms with E-state index in [0.717, 1.165) is 24.3 Å². The summed E-state index contributed by atoms with van der Waals surface area (Å²) in [6.45, 7) is -4.03. The molecular formula is C16H11F3N2O6. The third-order valence-corrected chi connectivity index (χ3v) is 3.09. The highest BCUT2D eigenvalue weighted by Gasteiger charge is 2.20. The maximum atomic E-state index is 13.1. The number of amides is 1. The standard InChI is InChI=1S/C16H11F3N2O6/c17-9-5-6-11(12(7-9)21(24)25)20-14(22)8-26-15(23)10-3-1-2-4-13(10)27-16(18)19/h1-7,16H,8H2,(H,20,22). The predicted octanol–water partition coefficient (Wildman–Crippen LogP) is 3.13. The van der Waals surface area contributed by atoms with Gasteiger partial charge in [0.1, 0.15) is 22.8 Å². The number of esters is 1. The molecule has 11 heteroatoms. The van der Waals surface area contributed by atoms with Crippen molar-refractivity contribution >= 4 is 23.3 Å². The largest absolute Gasteiger partial charge is 0.452 e. The van der Waals surface area contributed by atoms with Crippen molar-refractivity contribution in [3.05, 3.63) is 64.0 Å². The van der Waals surface area contributed by atoms with E-state index < -0.39 is 47.3 Å². The van der Waals surface area contributed by atoms with E-state index in [9.17, 15) is 32.9 Å². The van der Waals surface area contributed by atoms with Gasteiger partial charge in [-0.3, -0.25) is 14.9 Å². The lowest BCUT2D eigenvalue weighted by molar-refractivity contribution is -0.384. The first-order valence-electron chi connectivity index (χ1n) is 7.22. The number of para-hydroxylation sites is 1. The number of hydrogen-bond acceptors (Lipinski definition) is 6. The lowest BCUT2D eigenvalue weighted by atomic mass is 10.2. The SMILES string of the molecule is O=C(COC(=O)c1ccccc1OC(F)F)Nc1ccc(F)cc1[N+](=O)[O-]. The van der Waals surface area contributed by atoms with Crippen molar-refractivity contribution in [3.63, 3.8) is 0 Å². The molecule has 0 atom stereocenters. The number of anilines is 1. The summed E-state index contributed by atoms with van der Waals surface area (Å²) in [6.07, 6.45) is 0. The van der Waals surface area contributed by atoms with Crippen LogP contribution in [0, 0.1) is 15.9 Å². The van der Waals surface area contributed by atoms with Crippen LogP contribution < -0.4 is 10.1 Å². The summed E-state index contributed by atoms with van der Waals surface area (Å²) in [7, 11) is 0. The van der Waals surface area contributed by atoms with E-state index in [1.54, 1.807) is 0 Å². The van der Waals surface area contributed by atoms with Gasteiger partial charge in [0.15, 0.2) is 6.61 Å². The van der Waals surface area contributed by atoms with Gasteiger partial charge in [-0.25, -0.2) is 9.18 Å². The molecule has 0 saturated carbocycles. The number of halogens is 3. The maximum absolute atomic E-state index is 13.1. The lowest BCUT2D eigenvalue weighted by Gasteiger charge is -2.10. The summed E-state index contributed by atoms with van der Waals surface area (Å²) >= 11 is 0. The molecule has 142 valence electrons. The Labute approximate surface area is 149 Å². The second kappa shape index (κ2) is 8.65. The molecular weight excluding hydrogens is 373 g/mol. The molecule has 0 bridgehead atoms. The molecule has 0 aliphatic heterocycles. The smallest absolute Gasteiger partial charge is 0.387 e. The maximum Gasteiger partial charge on any atom is 0.387 e. The van der Waals surface area contributed by atoms with Crippen LogP contribution in [0.2, 0.25) is 0 Å². The summed E-state index contributed by atoms with van der Waals surface area (Å²) in [5.41, 5.74) is -1.33. The Kier molecular flexibility index (Phi) is 6.31. The van der Waals surface area contributed by atoms with Gasteiger partial charge in [-0.15, -0.1) is 0 Å². The summed E-state index contributed by atoms with van der Waals surface area (Å²) in [4.78, 5) is 33.7. The van der Waals surface area contributed by atoms with Crippen LogP contribution in [0.1, 0.15) is 10.4 Å². The highest BCUT2D eigenvalue weighted by molar-refractivity contribution is 5.97. The van der Waals surface area contributed by atoms with Crippen molar-refractivity contribution in [3.8, 4) is 5.75 Å². The van der Waals surface area contributed by atoms with E-state index >= 15 is 0 Å². The number of nitro groups is 1. The number of nitro benzene ring substituents is 1. The van der Waals surface area contributed by atoms with E-state index in [1.807, 2.05) is 0 Å². The molecule has 0 saturated heterocycles. The molecule has 0 fully saturated rings. The first kappa shape index (κ1) is 19.7. The molecule has 2 aromatic carbocycles. The van der Waals surface area contributed by atoms with Gasteiger partial charge in [0.25, 0.3) is 11.6 Å². The number of rotatable bonds is 7. The zero-order valence-corrected chi connectivity index (χ0v) is 13.4. The van der Waals surface area contributed by atoms with E-state index in [2.05, 4.69) is 14.8 Å². The van der Waals surface area contributed by atoms with Crippen molar-refractivity contribution in [2.24, 2.45) is 0 Å². The first-order valence-corrected chi connectivity index (χ1v) is 7.22. The second-order valence-corrected chi connectivity index (χ2v) is 4.92. The molecule has 2 aromatic rings. The van der Waals surface area contributed by atoms with Crippen LogP contribution in [0.15, 0.2) is 42.5 Å². The van der Waals surface area contributed by atoms with Crippen LogP contribution in [-0.4, -0.2) is 30.0 Å². The van der Waals surface area contributed by atoms with Gasteiger partial charge < -0.3 is 14.8 Å². The molecule has 1 N–H and O–H groups in total. The van der Waals surface area contributed by atoms with Gasteiger partial charge in [-0.1, -0.05) is 12.1 Å². The number of hydrogen-bond donors (Lipinski definition) is 1. The number of nitrogens with one attached hydrogen (secondary N) is 1. The number of carbonyl (C=O) groups is 2. The molecule has 0 radical (unpaired) electrons. The van der Waals surface area contributed by atoms with Gasteiger partial charge in [0.05, 0.1) is 11.0 Å². The predicted molar refractivity (Wildman–Crippen MR) is 85.0 cm³/mol. The van der Waals surface area contributed by atoms with E-state index in [4.69, 9.17) is 0 Å².